The molecular formula is C23H26N6O. The van der Waals surface area contributed by atoms with Gasteiger partial charge >= 0.3 is 0 Å². The van der Waals surface area contributed by atoms with Crippen molar-refractivity contribution in [1.29, 1.82) is 0 Å². The van der Waals surface area contributed by atoms with Gasteiger partial charge in [0, 0.05) is 29.1 Å². The third-order valence-corrected chi connectivity index (χ3v) is 6.02. The zero-order chi connectivity index (χ0) is 20.7. The lowest BCUT2D eigenvalue weighted by Gasteiger charge is -2.14. The van der Waals surface area contributed by atoms with Crippen molar-refractivity contribution in [2.24, 2.45) is 0 Å². The number of rotatable bonds is 5. The first-order valence-corrected chi connectivity index (χ1v) is 10.5. The van der Waals surface area contributed by atoms with Crippen molar-refractivity contribution in [1.82, 2.24) is 24.6 Å². The van der Waals surface area contributed by atoms with Crippen molar-refractivity contribution in [3.05, 3.63) is 53.6 Å². The van der Waals surface area contributed by atoms with Crippen LogP contribution in [0.1, 0.15) is 42.6 Å². The lowest BCUT2D eigenvalue weighted by molar-refractivity contribution is 0.282. The van der Waals surface area contributed by atoms with Gasteiger partial charge in [-0.3, -0.25) is 9.50 Å². The molecule has 1 aliphatic carbocycles. The van der Waals surface area contributed by atoms with Gasteiger partial charge in [-0.15, -0.1) is 0 Å². The van der Waals surface area contributed by atoms with Gasteiger partial charge in [-0.25, -0.2) is 9.97 Å². The zero-order valence-electron chi connectivity index (χ0n) is 17.3. The Hall–Kier alpha value is -3.19. The number of aryl methyl sites for hydroxylation is 2. The van der Waals surface area contributed by atoms with E-state index in [4.69, 9.17) is 4.98 Å². The van der Waals surface area contributed by atoms with Crippen LogP contribution in [0, 0.1) is 13.8 Å². The first-order chi connectivity index (χ1) is 14.6. The van der Waals surface area contributed by atoms with Gasteiger partial charge in [-0.2, -0.15) is 5.10 Å². The maximum Gasteiger partial charge on any atom is 0.137 e. The van der Waals surface area contributed by atoms with Crippen molar-refractivity contribution in [3.8, 4) is 22.5 Å². The number of aliphatic hydroxyl groups excluding tert-OH is 1. The summed E-state index contributed by atoms with van der Waals surface area (Å²) in [5.41, 5.74) is 7.26. The van der Waals surface area contributed by atoms with Crippen LogP contribution in [0.15, 0.2) is 36.7 Å². The summed E-state index contributed by atoms with van der Waals surface area (Å²) < 4.78 is 2.04. The Morgan fingerprint density at radius 2 is 2.07 bits per heavy atom. The molecule has 5 rings (SSSR count). The number of anilines is 1. The molecule has 3 N–H and O–H groups in total. The van der Waals surface area contributed by atoms with Crippen LogP contribution < -0.4 is 5.32 Å². The van der Waals surface area contributed by atoms with Gasteiger partial charge in [-0.1, -0.05) is 18.9 Å². The molecule has 154 valence electrons. The van der Waals surface area contributed by atoms with E-state index in [9.17, 15) is 5.11 Å². The van der Waals surface area contributed by atoms with Crippen LogP contribution in [-0.4, -0.2) is 35.7 Å². The molecule has 7 heteroatoms. The van der Waals surface area contributed by atoms with Crippen LogP contribution in [0.25, 0.3) is 28.2 Å². The molecule has 1 saturated carbocycles. The number of aromatic amines is 1. The van der Waals surface area contributed by atoms with Crippen molar-refractivity contribution < 1.29 is 5.11 Å². The number of hydrogen-bond acceptors (Lipinski definition) is 5. The van der Waals surface area contributed by atoms with Gasteiger partial charge < -0.3 is 10.4 Å². The fraction of sp³-hybridized carbons (Fsp3) is 0.348. The SMILES string of the molecule is Cc1n[nH]c(C)c1-c1cn2c(-c3cccc(NC4CCCC4)n3)cnc2cc1CO. The van der Waals surface area contributed by atoms with E-state index in [1.807, 2.05) is 54.9 Å². The van der Waals surface area contributed by atoms with Crippen molar-refractivity contribution in [3.63, 3.8) is 0 Å². The number of imidazole rings is 1. The van der Waals surface area contributed by atoms with Crippen LogP contribution in [0.2, 0.25) is 0 Å². The Morgan fingerprint density at radius 1 is 1.23 bits per heavy atom. The van der Waals surface area contributed by atoms with Crippen molar-refractivity contribution >= 4 is 11.5 Å². The molecular weight excluding hydrogens is 376 g/mol. The molecule has 7 nitrogen and oxygen atoms in total. The monoisotopic (exact) mass is 402 g/mol. The lowest BCUT2D eigenvalue weighted by atomic mass is 10.0. The molecule has 1 aliphatic rings. The third-order valence-electron chi connectivity index (χ3n) is 6.02. The molecule has 4 aromatic rings. The predicted molar refractivity (Wildman–Crippen MR) is 117 cm³/mol. The number of nitrogens with one attached hydrogen (secondary N) is 2. The molecule has 0 spiro atoms. The normalized spacial score (nSPS) is 14.6. The van der Waals surface area contributed by atoms with E-state index in [1.165, 1.54) is 25.7 Å². The lowest BCUT2D eigenvalue weighted by Crippen LogP contribution is -2.15. The Bertz CT molecular complexity index is 1180. The molecule has 0 aliphatic heterocycles. The van der Waals surface area contributed by atoms with E-state index in [0.717, 1.165) is 50.9 Å². The number of fused-ring (bicyclic) bond motifs is 1. The minimum absolute atomic E-state index is 0.0584. The van der Waals surface area contributed by atoms with Crippen LogP contribution in [0.4, 0.5) is 5.82 Å². The van der Waals surface area contributed by atoms with Gasteiger partial charge in [0.2, 0.25) is 0 Å². The molecule has 0 saturated heterocycles. The van der Waals surface area contributed by atoms with Gasteiger partial charge in [0.1, 0.15) is 11.5 Å². The fourth-order valence-corrected chi connectivity index (χ4v) is 4.49. The molecule has 0 atom stereocenters. The van der Waals surface area contributed by atoms with E-state index >= 15 is 0 Å². The number of aliphatic hydroxyl groups is 1. The fourth-order valence-electron chi connectivity index (χ4n) is 4.49. The molecule has 0 radical (unpaired) electrons. The molecule has 0 bridgehead atoms. The van der Waals surface area contributed by atoms with Crippen molar-refractivity contribution in [2.45, 2.75) is 52.2 Å². The smallest absolute Gasteiger partial charge is 0.137 e. The van der Waals surface area contributed by atoms with E-state index in [-0.39, 0.29) is 6.61 Å². The highest BCUT2D eigenvalue weighted by molar-refractivity contribution is 5.74. The topological polar surface area (TPSA) is 91.1 Å². The highest BCUT2D eigenvalue weighted by atomic mass is 16.3. The second kappa shape index (κ2) is 7.57. The Kier molecular flexibility index (Phi) is 4.75. The molecule has 0 amide bonds. The molecule has 4 aromatic heterocycles. The van der Waals surface area contributed by atoms with Gasteiger partial charge in [0.25, 0.3) is 0 Å². The van der Waals surface area contributed by atoms with E-state index in [2.05, 4.69) is 20.5 Å². The summed E-state index contributed by atoms with van der Waals surface area (Å²) in [5, 5.41) is 20.9. The standard InChI is InChI=1S/C23H26N6O/c1-14-23(15(2)28-27-14)18-12-29-20(11-24-22(29)10-16(18)13-30)19-8-5-9-21(26-19)25-17-6-3-4-7-17/h5,8-12,17,30H,3-4,6-7,13H2,1-2H3,(H,25,26)(H,27,28). The molecule has 4 heterocycles. The zero-order valence-corrected chi connectivity index (χ0v) is 17.3. The summed E-state index contributed by atoms with van der Waals surface area (Å²) in [6.07, 6.45) is 8.86. The number of aromatic nitrogens is 5. The van der Waals surface area contributed by atoms with E-state index in [1.54, 1.807) is 0 Å². The summed E-state index contributed by atoms with van der Waals surface area (Å²) in [6, 6.07) is 8.52. The number of hydrogen-bond donors (Lipinski definition) is 3. The summed E-state index contributed by atoms with van der Waals surface area (Å²) in [6.45, 7) is 3.91. The summed E-state index contributed by atoms with van der Waals surface area (Å²) >= 11 is 0. The average Bonchev–Trinajstić information content (AvgIpc) is 3.48. The van der Waals surface area contributed by atoms with Crippen LogP contribution in [-0.2, 0) is 6.61 Å². The third kappa shape index (κ3) is 3.25. The molecule has 0 aromatic carbocycles. The maximum atomic E-state index is 9.97. The Morgan fingerprint density at radius 3 is 2.80 bits per heavy atom. The highest BCUT2D eigenvalue weighted by Crippen LogP contribution is 2.32. The Balaban J connectivity index is 1.60. The largest absolute Gasteiger partial charge is 0.392 e. The second-order valence-electron chi connectivity index (χ2n) is 8.08. The van der Waals surface area contributed by atoms with E-state index in [0.29, 0.717) is 6.04 Å². The molecule has 0 unspecified atom stereocenters. The van der Waals surface area contributed by atoms with Crippen molar-refractivity contribution in [2.75, 3.05) is 5.32 Å². The average molecular weight is 403 g/mol. The minimum Gasteiger partial charge on any atom is -0.392 e. The minimum atomic E-state index is -0.0584. The number of H-pyrrole nitrogens is 1. The summed E-state index contributed by atoms with van der Waals surface area (Å²) in [7, 11) is 0. The quantitative estimate of drug-likeness (QED) is 0.464. The predicted octanol–water partition coefficient (Wildman–Crippen LogP) is 4.25. The number of nitrogens with zero attached hydrogens (tertiary/aromatic N) is 4. The number of pyridine rings is 2. The van der Waals surface area contributed by atoms with Gasteiger partial charge in [-0.05, 0) is 50.5 Å². The summed E-state index contributed by atoms with van der Waals surface area (Å²) in [5.74, 6) is 0.906. The highest BCUT2D eigenvalue weighted by Gasteiger charge is 2.18. The van der Waals surface area contributed by atoms with Gasteiger partial charge in [0.15, 0.2) is 0 Å². The maximum absolute atomic E-state index is 9.97. The second-order valence-corrected chi connectivity index (χ2v) is 8.08. The first-order valence-electron chi connectivity index (χ1n) is 10.5. The van der Waals surface area contributed by atoms with Gasteiger partial charge in [0.05, 0.1) is 29.9 Å². The molecule has 30 heavy (non-hydrogen) atoms. The van der Waals surface area contributed by atoms with Crippen LogP contribution >= 0.6 is 0 Å². The van der Waals surface area contributed by atoms with E-state index < -0.39 is 0 Å². The first kappa shape index (κ1) is 18.8. The molecule has 1 fully saturated rings. The Labute approximate surface area is 175 Å². The summed E-state index contributed by atoms with van der Waals surface area (Å²) in [4.78, 5) is 9.43. The van der Waals surface area contributed by atoms with Crippen LogP contribution in [0.3, 0.4) is 0 Å². The van der Waals surface area contributed by atoms with Crippen LogP contribution in [0.5, 0.6) is 0 Å².